The quantitative estimate of drug-likeness (QED) is 0.625. The van der Waals surface area contributed by atoms with Crippen LogP contribution in [0, 0.1) is 0 Å². The molecule has 0 heterocycles. The van der Waals surface area contributed by atoms with Crippen molar-refractivity contribution in [3.8, 4) is 0 Å². The lowest BCUT2D eigenvalue weighted by molar-refractivity contribution is -0.145. The summed E-state index contributed by atoms with van der Waals surface area (Å²) >= 11 is 3.91. The molecular formula is C10H14ClNO2S. The molecule has 0 spiro atoms. The molecule has 0 fully saturated rings. The molecule has 5 heteroatoms. The van der Waals surface area contributed by atoms with Gasteiger partial charge >= 0.3 is 5.97 Å². The van der Waals surface area contributed by atoms with Crippen LogP contribution in [0.1, 0.15) is 5.56 Å². The van der Waals surface area contributed by atoms with Gasteiger partial charge in [-0.3, -0.25) is 4.79 Å². The van der Waals surface area contributed by atoms with E-state index in [2.05, 4.69) is 12.6 Å². The van der Waals surface area contributed by atoms with Crippen molar-refractivity contribution in [2.24, 2.45) is 5.73 Å². The predicted molar refractivity (Wildman–Crippen MR) is 65.3 cm³/mol. The maximum absolute atomic E-state index is 11.2. The first-order valence-corrected chi connectivity index (χ1v) is 4.94. The van der Waals surface area contributed by atoms with Gasteiger partial charge in [-0.05, 0) is 5.56 Å². The number of rotatable bonds is 4. The van der Waals surface area contributed by atoms with Gasteiger partial charge in [0.1, 0.15) is 12.6 Å². The summed E-state index contributed by atoms with van der Waals surface area (Å²) in [6, 6.07) is 8.83. The van der Waals surface area contributed by atoms with E-state index in [4.69, 9.17) is 10.5 Å². The van der Waals surface area contributed by atoms with Gasteiger partial charge in [0.05, 0.1) is 0 Å². The van der Waals surface area contributed by atoms with Crippen LogP contribution in [-0.4, -0.2) is 17.8 Å². The Morgan fingerprint density at radius 1 is 1.40 bits per heavy atom. The largest absolute Gasteiger partial charge is 0.460 e. The van der Waals surface area contributed by atoms with Crippen LogP contribution >= 0.6 is 25.0 Å². The number of nitrogens with two attached hydrogens (primary N) is 1. The monoisotopic (exact) mass is 247 g/mol. The van der Waals surface area contributed by atoms with Crippen molar-refractivity contribution >= 4 is 31.0 Å². The summed E-state index contributed by atoms with van der Waals surface area (Å²) in [5.74, 6) is -0.114. The van der Waals surface area contributed by atoms with Gasteiger partial charge in [0.15, 0.2) is 0 Å². The SMILES string of the molecule is Cl.N[C@@H](CS)C(=O)OCc1ccccc1. The topological polar surface area (TPSA) is 52.3 Å². The Hall–Kier alpha value is -0.710. The van der Waals surface area contributed by atoms with E-state index in [-0.39, 0.29) is 19.0 Å². The molecule has 0 saturated heterocycles. The summed E-state index contributed by atoms with van der Waals surface area (Å²) in [5, 5.41) is 0. The molecular weight excluding hydrogens is 234 g/mol. The van der Waals surface area contributed by atoms with E-state index in [1.54, 1.807) is 0 Å². The molecule has 84 valence electrons. The minimum absolute atomic E-state index is 0. The third-order valence-corrected chi connectivity index (χ3v) is 2.12. The first-order valence-electron chi connectivity index (χ1n) is 4.31. The predicted octanol–water partition coefficient (Wildman–Crippen LogP) is 1.41. The molecule has 0 radical (unpaired) electrons. The highest BCUT2D eigenvalue weighted by molar-refractivity contribution is 7.80. The maximum Gasteiger partial charge on any atom is 0.324 e. The van der Waals surface area contributed by atoms with E-state index >= 15 is 0 Å². The zero-order valence-corrected chi connectivity index (χ0v) is 9.84. The van der Waals surface area contributed by atoms with E-state index in [0.29, 0.717) is 5.75 Å². The molecule has 0 amide bonds. The summed E-state index contributed by atoms with van der Waals surface area (Å²) in [5.41, 5.74) is 6.38. The zero-order chi connectivity index (χ0) is 10.4. The maximum atomic E-state index is 11.2. The number of ether oxygens (including phenoxy) is 1. The highest BCUT2D eigenvalue weighted by Crippen LogP contribution is 2.01. The number of carbonyl (C=O) groups is 1. The summed E-state index contributed by atoms with van der Waals surface area (Å²) in [6.45, 7) is 0.265. The Labute approximate surface area is 101 Å². The number of esters is 1. The highest BCUT2D eigenvalue weighted by atomic mass is 35.5. The number of hydrogen-bond donors (Lipinski definition) is 2. The van der Waals surface area contributed by atoms with Gasteiger partial charge in [-0.1, -0.05) is 30.3 Å². The number of benzene rings is 1. The second-order valence-electron chi connectivity index (χ2n) is 2.88. The number of carbonyl (C=O) groups excluding carboxylic acids is 1. The molecule has 1 aromatic carbocycles. The number of halogens is 1. The Morgan fingerprint density at radius 3 is 2.53 bits per heavy atom. The van der Waals surface area contributed by atoms with E-state index in [9.17, 15) is 4.79 Å². The summed E-state index contributed by atoms with van der Waals surface area (Å²) in [4.78, 5) is 11.2. The fourth-order valence-corrected chi connectivity index (χ4v) is 1.06. The fraction of sp³-hybridized carbons (Fsp3) is 0.300. The highest BCUT2D eigenvalue weighted by Gasteiger charge is 2.12. The van der Waals surface area contributed by atoms with E-state index < -0.39 is 12.0 Å². The molecule has 1 atom stereocenters. The lowest BCUT2D eigenvalue weighted by atomic mass is 10.2. The molecule has 0 saturated carbocycles. The van der Waals surface area contributed by atoms with Crippen LogP contribution in [0.5, 0.6) is 0 Å². The van der Waals surface area contributed by atoms with Gasteiger partial charge < -0.3 is 10.5 Å². The van der Waals surface area contributed by atoms with E-state index in [0.717, 1.165) is 5.56 Å². The molecule has 0 aromatic heterocycles. The van der Waals surface area contributed by atoms with Crippen LogP contribution < -0.4 is 5.73 Å². The van der Waals surface area contributed by atoms with Crippen molar-refractivity contribution in [3.05, 3.63) is 35.9 Å². The molecule has 15 heavy (non-hydrogen) atoms. The molecule has 0 unspecified atom stereocenters. The summed E-state index contributed by atoms with van der Waals surface area (Å²) < 4.78 is 4.97. The minimum Gasteiger partial charge on any atom is -0.460 e. The van der Waals surface area contributed by atoms with Gasteiger partial charge in [0.2, 0.25) is 0 Å². The molecule has 1 aromatic rings. The van der Waals surface area contributed by atoms with Crippen LogP contribution in [0.2, 0.25) is 0 Å². The first-order chi connectivity index (χ1) is 6.74. The molecule has 0 aliphatic rings. The Kier molecular flexibility index (Phi) is 7.21. The van der Waals surface area contributed by atoms with Crippen molar-refractivity contribution in [2.75, 3.05) is 5.75 Å². The molecule has 0 bridgehead atoms. The zero-order valence-electron chi connectivity index (χ0n) is 8.13. The van der Waals surface area contributed by atoms with Crippen LogP contribution in [0.25, 0.3) is 0 Å². The van der Waals surface area contributed by atoms with Crippen LogP contribution in [0.15, 0.2) is 30.3 Å². The van der Waals surface area contributed by atoms with Crippen molar-refractivity contribution < 1.29 is 9.53 Å². The van der Waals surface area contributed by atoms with Crippen molar-refractivity contribution in [2.45, 2.75) is 12.6 Å². The lowest BCUT2D eigenvalue weighted by Crippen LogP contribution is -2.33. The standard InChI is InChI=1S/C10H13NO2S.ClH/c11-9(7-14)10(12)13-6-8-4-2-1-3-5-8;/h1-5,9,14H,6-7,11H2;1H/t9-;/m0./s1. The second kappa shape index (κ2) is 7.56. The van der Waals surface area contributed by atoms with Crippen molar-refractivity contribution in [3.63, 3.8) is 0 Å². The number of hydrogen-bond acceptors (Lipinski definition) is 4. The molecule has 0 aliphatic heterocycles. The first kappa shape index (κ1) is 14.3. The molecule has 1 rings (SSSR count). The van der Waals surface area contributed by atoms with Crippen molar-refractivity contribution in [1.82, 2.24) is 0 Å². The van der Waals surface area contributed by atoms with Gasteiger partial charge in [0.25, 0.3) is 0 Å². The Morgan fingerprint density at radius 2 is 2.00 bits per heavy atom. The Balaban J connectivity index is 0.00000196. The second-order valence-corrected chi connectivity index (χ2v) is 3.25. The van der Waals surface area contributed by atoms with Crippen LogP contribution in [-0.2, 0) is 16.1 Å². The number of thiol groups is 1. The van der Waals surface area contributed by atoms with Gasteiger partial charge in [-0.15, -0.1) is 12.4 Å². The van der Waals surface area contributed by atoms with Gasteiger partial charge in [0, 0.05) is 5.75 Å². The van der Waals surface area contributed by atoms with Crippen LogP contribution in [0.4, 0.5) is 0 Å². The van der Waals surface area contributed by atoms with E-state index in [1.165, 1.54) is 0 Å². The van der Waals surface area contributed by atoms with Crippen LogP contribution in [0.3, 0.4) is 0 Å². The molecule has 2 N–H and O–H groups in total. The summed E-state index contributed by atoms with van der Waals surface area (Å²) in [7, 11) is 0. The summed E-state index contributed by atoms with van der Waals surface area (Å²) in [6.07, 6.45) is 0. The van der Waals surface area contributed by atoms with E-state index in [1.807, 2.05) is 30.3 Å². The average Bonchev–Trinajstić information content (AvgIpc) is 2.26. The Bertz CT molecular complexity index is 295. The molecule has 0 aliphatic carbocycles. The average molecular weight is 248 g/mol. The normalized spacial score (nSPS) is 11.3. The molecule has 3 nitrogen and oxygen atoms in total. The minimum atomic E-state index is -0.637. The smallest absolute Gasteiger partial charge is 0.324 e. The lowest BCUT2D eigenvalue weighted by Gasteiger charge is -2.08. The fourth-order valence-electron chi connectivity index (χ4n) is 0.910. The third-order valence-electron chi connectivity index (χ3n) is 1.72. The van der Waals surface area contributed by atoms with Crippen molar-refractivity contribution in [1.29, 1.82) is 0 Å². The van der Waals surface area contributed by atoms with Gasteiger partial charge in [-0.25, -0.2) is 0 Å². The third kappa shape index (κ3) is 5.06. The van der Waals surface area contributed by atoms with Gasteiger partial charge in [-0.2, -0.15) is 12.6 Å².